The molecule has 2 rings (SSSR count). The molecular weight excluding hydrogens is 166 g/mol. The van der Waals surface area contributed by atoms with Crippen molar-refractivity contribution in [2.75, 3.05) is 0 Å². The van der Waals surface area contributed by atoms with Gasteiger partial charge in [0.2, 0.25) is 0 Å². The molecule has 2 heterocycles. The largest absolute Gasteiger partial charge is 0.303 e. The highest BCUT2D eigenvalue weighted by Crippen LogP contribution is 2.04. The van der Waals surface area contributed by atoms with Crippen LogP contribution < -0.4 is 0 Å². The molecule has 4 nitrogen and oxygen atoms in total. The molecule has 4 heteroatoms. The van der Waals surface area contributed by atoms with Crippen LogP contribution in [0.1, 0.15) is 23.1 Å². The third-order valence-corrected chi connectivity index (χ3v) is 1.83. The average molecular weight is 175 g/mol. The summed E-state index contributed by atoms with van der Waals surface area (Å²) < 4.78 is 1.80. The SMILES string of the molecule is CC(=O)c1cn2cc(C)ncc2n1. The molecule has 0 fully saturated rings. The number of ketones is 1. The fourth-order valence-corrected chi connectivity index (χ4v) is 1.17. The molecule has 0 saturated heterocycles. The number of carbonyl (C=O) groups excluding carboxylic acids is 1. The molecule has 0 bridgehead atoms. The minimum Gasteiger partial charge on any atom is -0.303 e. The average Bonchev–Trinajstić information content (AvgIpc) is 2.46. The third kappa shape index (κ3) is 1.30. The lowest BCUT2D eigenvalue weighted by atomic mass is 10.3. The first-order valence-corrected chi connectivity index (χ1v) is 3.99. The van der Waals surface area contributed by atoms with Crippen LogP contribution >= 0.6 is 0 Å². The zero-order chi connectivity index (χ0) is 9.42. The van der Waals surface area contributed by atoms with Crippen LogP contribution in [0.2, 0.25) is 0 Å². The van der Waals surface area contributed by atoms with Crippen LogP contribution in [0.3, 0.4) is 0 Å². The summed E-state index contributed by atoms with van der Waals surface area (Å²) in [4.78, 5) is 19.2. The van der Waals surface area contributed by atoms with E-state index in [4.69, 9.17) is 0 Å². The Morgan fingerprint density at radius 3 is 2.92 bits per heavy atom. The van der Waals surface area contributed by atoms with Gasteiger partial charge in [0.15, 0.2) is 11.4 Å². The van der Waals surface area contributed by atoms with E-state index in [1.807, 2.05) is 13.1 Å². The Kier molecular flexibility index (Phi) is 1.62. The molecule has 0 spiro atoms. The maximum absolute atomic E-state index is 11.0. The fourth-order valence-electron chi connectivity index (χ4n) is 1.17. The molecule has 2 aromatic heterocycles. The number of rotatable bonds is 1. The second kappa shape index (κ2) is 2.65. The minimum atomic E-state index is -0.0265. The minimum absolute atomic E-state index is 0.0265. The highest BCUT2D eigenvalue weighted by atomic mass is 16.1. The quantitative estimate of drug-likeness (QED) is 0.612. The second-order valence-electron chi connectivity index (χ2n) is 2.98. The zero-order valence-corrected chi connectivity index (χ0v) is 7.48. The van der Waals surface area contributed by atoms with Crippen molar-refractivity contribution in [2.24, 2.45) is 0 Å². The topological polar surface area (TPSA) is 47.3 Å². The smallest absolute Gasteiger partial charge is 0.179 e. The van der Waals surface area contributed by atoms with Gasteiger partial charge in [-0.1, -0.05) is 0 Å². The Hall–Kier alpha value is -1.71. The third-order valence-electron chi connectivity index (χ3n) is 1.83. The lowest BCUT2D eigenvalue weighted by Crippen LogP contribution is -1.89. The zero-order valence-electron chi connectivity index (χ0n) is 7.48. The number of Topliss-reactive ketones (excluding diaryl/α,β-unsaturated/α-hetero) is 1. The van der Waals surface area contributed by atoms with E-state index in [1.54, 1.807) is 16.8 Å². The highest BCUT2D eigenvalue weighted by molar-refractivity contribution is 5.92. The van der Waals surface area contributed by atoms with E-state index in [0.717, 1.165) is 5.69 Å². The van der Waals surface area contributed by atoms with E-state index in [0.29, 0.717) is 11.3 Å². The van der Waals surface area contributed by atoms with Crippen molar-refractivity contribution in [2.45, 2.75) is 13.8 Å². The normalized spacial score (nSPS) is 10.6. The van der Waals surface area contributed by atoms with Crippen LogP contribution in [0, 0.1) is 6.92 Å². The molecule has 0 amide bonds. The Morgan fingerprint density at radius 1 is 1.46 bits per heavy atom. The number of aryl methyl sites for hydroxylation is 1. The van der Waals surface area contributed by atoms with Crippen molar-refractivity contribution in [3.05, 3.63) is 30.0 Å². The van der Waals surface area contributed by atoms with Crippen LogP contribution in [0.5, 0.6) is 0 Å². The Bertz CT molecular complexity index is 473. The van der Waals surface area contributed by atoms with Crippen molar-refractivity contribution < 1.29 is 4.79 Å². The van der Waals surface area contributed by atoms with Crippen LogP contribution in [0.15, 0.2) is 18.6 Å². The lowest BCUT2D eigenvalue weighted by molar-refractivity contribution is 0.101. The van der Waals surface area contributed by atoms with Crippen LogP contribution in [0.25, 0.3) is 5.65 Å². The molecule has 0 atom stereocenters. The van der Waals surface area contributed by atoms with Gasteiger partial charge in [0.05, 0.1) is 11.9 Å². The summed E-state index contributed by atoms with van der Waals surface area (Å²) in [5, 5.41) is 0. The summed E-state index contributed by atoms with van der Waals surface area (Å²) in [6.07, 6.45) is 5.21. The number of hydrogen-bond acceptors (Lipinski definition) is 3. The molecule has 0 radical (unpaired) electrons. The van der Waals surface area contributed by atoms with E-state index in [-0.39, 0.29) is 5.78 Å². The van der Waals surface area contributed by atoms with Crippen molar-refractivity contribution >= 4 is 11.4 Å². The molecule has 66 valence electrons. The summed E-state index contributed by atoms with van der Waals surface area (Å²) in [6.45, 7) is 3.40. The monoisotopic (exact) mass is 175 g/mol. The van der Waals surface area contributed by atoms with Gasteiger partial charge in [-0.3, -0.25) is 9.78 Å². The standard InChI is InChI=1S/C9H9N3O/c1-6-4-12-5-8(7(2)13)11-9(12)3-10-6/h3-5H,1-2H3. The van der Waals surface area contributed by atoms with Crippen molar-refractivity contribution in [1.29, 1.82) is 0 Å². The maximum Gasteiger partial charge on any atom is 0.179 e. The molecule has 0 N–H and O–H groups in total. The van der Waals surface area contributed by atoms with Gasteiger partial charge in [0.1, 0.15) is 5.69 Å². The summed E-state index contributed by atoms with van der Waals surface area (Å²) in [6, 6.07) is 0. The predicted molar refractivity (Wildman–Crippen MR) is 47.7 cm³/mol. The molecule has 0 aromatic carbocycles. The lowest BCUT2D eigenvalue weighted by Gasteiger charge is -1.92. The van der Waals surface area contributed by atoms with Crippen LogP contribution in [-0.2, 0) is 0 Å². The maximum atomic E-state index is 11.0. The highest BCUT2D eigenvalue weighted by Gasteiger charge is 2.05. The molecular formula is C9H9N3O. The number of aromatic nitrogens is 3. The molecule has 0 aliphatic carbocycles. The van der Waals surface area contributed by atoms with Gasteiger partial charge in [0.25, 0.3) is 0 Å². The summed E-state index contributed by atoms with van der Waals surface area (Å²) in [5.74, 6) is -0.0265. The van der Waals surface area contributed by atoms with Gasteiger partial charge < -0.3 is 4.40 Å². The van der Waals surface area contributed by atoms with Gasteiger partial charge in [-0.15, -0.1) is 0 Å². The molecule has 0 aliphatic rings. The number of hydrogen-bond donors (Lipinski definition) is 0. The molecule has 0 aliphatic heterocycles. The predicted octanol–water partition coefficient (Wildman–Crippen LogP) is 1.24. The van der Waals surface area contributed by atoms with Crippen molar-refractivity contribution in [3.8, 4) is 0 Å². The van der Waals surface area contributed by atoms with Crippen LogP contribution in [-0.4, -0.2) is 20.2 Å². The number of carbonyl (C=O) groups is 1. The number of fused-ring (bicyclic) bond motifs is 1. The van der Waals surface area contributed by atoms with Gasteiger partial charge in [-0.2, -0.15) is 0 Å². The van der Waals surface area contributed by atoms with Crippen molar-refractivity contribution in [1.82, 2.24) is 14.4 Å². The Morgan fingerprint density at radius 2 is 2.23 bits per heavy atom. The van der Waals surface area contributed by atoms with Gasteiger partial charge >= 0.3 is 0 Å². The van der Waals surface area contributed by atoms with Gasteiger partial charge in [-0.05, 0) is 6.92 Å². The molecule has 13 heavy (non-hydrogen) atoms. The second-order valence-corrected chi connectivity index (χ2v) is 2.98. The summed E-state index contributed by atoms with van der Waals surface area (Å²) >= 11 is 0. The first-order chi connectivity index (χ1) is 6.16. The van der Waals surface area contributed by atoms with Crippen LogP contribution in [0.4, 0.5) is 0 Å². The summed E-state index contributed by atoms with van der Waals surface area (Å²) in [5.41, 5.74) is 2.09. The first-order valence-electron chi connectivity index (χ1n) is 3.99. The van der Waals surface area contributed by atoms with E-state index in [9.17, 15) is 4.79 Å². The van der Waals surface area contributed by atoms with Gasteiger partial charge in [-0.25, -0.2) is 4.98 Å². The van der Waals surface area contributed by atoms with E-state index >= 15 is 0 Å². The van der Waals surface area contributed by atoms with Crippen molar-refractivity contribution in [3.63, 3.8) is 0 Å². The Labute approximate surface area is 75.2 Å². The molecule has 0 saturated carbocycles. The number of imidazole rings is 1. The first kappa shape index (κ1) is 7.91. The fraction of sp³-hybridized carbons (Fsp3) is 0.222. The van der Waals surface area contributed by atoms with Gasteiger partial charge in [0, 0.05) is 19.3 Å². The van der Waals surface area contributed by atoms with E-state index in [1.165, 1.54) is 6.92 Å². The van der Waals surface area contributed by atoms with E-state index < -0.39 is 0 Å². The number of nitrogens with zero attached hydrogens (tertiary/aromatic N) is 3. The molecule has 2 aromatic rings. The van der Waals surface area contributed by atoms with E-state index in [2.05, 4.69) is 9.97 Å². The summed E-state index contributed by atoms with van der Waals surface area (Å²) in [7, 11) is 0. The molecule has 0 unspecified atom stereocenters. The Balaban J connectivity index is 2.68.